The summed E-state index contributed by atoms with van der Waals surface area (Å²) in [6.45, 7) is 8.16. The van der Waals surface area contributed by atoms with Crippen LogP contribution in [-0.2, 0) is 22.6 Å². The first-order valence-corrected chi connectivity index (χ1v) is 5.98. The fourth-order valence-corrected chi connectivity index (χ4v) is 1.39. The monoisotopic (exact) mass is 254 g/mol. The summed E-state index contributed by atoms with van der Waals surface area (Å²) in [5.74, 6) is -0.449. The van der Waals surface area contributed by atoms with E-state index in [9.17, 15) is 4.79 Å². The quantitative estimate of drug-likeness (QED) is 0.684. The number of amides is 1. The molecule has 6 nitrogen and oxygen atoms in total. The minimum atomic E-state index is -0.449. The molecule has 18 heavy (non-hydrogen) atoms. The van der Waals surface area contributed by atoms with Crippen molar-refractivity contribution in [2.24, 2.45) is 5.73 Å². The van der Waals surface area contributed by atoms with E-state index in [-0.39, 0.29) is 12.1 Å². The number of ether oxygens (including phenoxy) is 1. The molecule has 1 amide bonds. The van der Waals surface area contributed by atoms with Crippen LogP contribution in [0.1, 0.15) is 26.5 Å². The van der Waals surface area contributed by atoms with Gasteiger partial charge in [0, 0.05) is 24.8 Å². The highest BCUT2D eigenvalue weighted by Gasteiger charge is 2.10. The molecule has 1 heterocycles. The van der Waals surface area contributed by atoms with Crippen molar-refractivity contribution in [3.63, 3.8) is 0 Å². The minimum absolute atomic E-state index is 0.0374. The SMILES string of the molecule is CC(C)(C)NCc1cncn1CCOCC(N)=O. The van der Waals surface area contributed by atoms with E-state index in [1.54, 1.807) is 6.33 Å². The molecule has 0 aliphatic carbocycles. The number of nitrogens with one attached hydrogen (secondary N) is 1. The van der Waals surface area contributed by atoms with Gasteiger partial charge in [-0.25, -0.2) is 4.98 Å². The van der Waals surface area contributed by atoms with Crippen LogP contribution in [0.25, 0.3) is 0 Å². The van der Waals surface area contributed by atoms with Crippen LogP contribution in [0.5, 0.6) is 0 Å². The van der Waals surface area contributed by atoms with Gasteiger partial charge in [0.1, 0.15) is 6.61 Å². The Morgan fingerprint density at radius 1 is 1.56 bits per heavy atom. The molecule has 1 rings (SSSR count). The molecule has 3 N–H and O–H groups in total. The lowest BCUT2D eigenvalue weighted by atomic mass is 10.1. The molecule has 1 aromatic heterocycles. The van der Waals surface area contributed by atoms with Crippen LogP contribution in [0.4, 0.5) is 0 Å². The molecule has 0 unspecified atom stereocenters. The van der Waals surface area contributed by atoms with Crippen molar-refractivity contribution in [2.45, 2.75) is 39.4 Å². The van der Waals surface area contributed by atoms with E-state index < -0.39 is 5.91 Å². The summed E-state index contributed by atoms with van der Waals surface area (Å²) in [5, 5.41) is 3.40. The lowest BCUT2D eigenvalue weighted by Gasteiger charge is -2.20. The van der Waals surface area contributed by atoms with Gasteiger partial charge in [0.15, 0.2) is 0 Å². The Hall–Kier alpha value is -1.40. The number of nitrogens with zero attached hydrogens (tertiary/aromatic N) is 2. The fourth-order valence-electron chi connectivity index (χ4n) is 1.39. The topological polar surface area (TPSA) is 82.2 Å². The van der Waals surface area contributed by atoms with Gasteiger partial charge < -0.3 is 20.4 Å². The molecule has 0 atom stereocenters. The van der Waals surface area contributed by atoms with Crippen LogP contribution in [-0.4, -0.2) is 34.2 Å². The first-order valence-electron chi connectivity index (χ1n) is 5.98. The summed E-state index contributed by atoms with van der Waals surface area (Å²) in [4.78, 5) is 14.6. The maximum atomic E-state index is 10.5. The van der Waals surface area contributed by atoms with Crippen molar-refractivity contribution in [1.82, 2.24) is 14.9 Å². The number of aromatic nitrogens is 2. The number of hydrogen-bond acceptors (Lipinski definition) is 4. The van der Waals surface area contributed by atoms with Crippen LogP contribution in [0, 0.1) is 0 Å². The van der Waals surface area contributed by atoms with Crippen LogP contribution in [0.2, 0.25) is 0 Å². The number of rotatable bonds is 7. The molecular weight excluding hydrogens is 232 g/mol. The third kappa shape index (κ3) is 5.79. The Bertz CT molecular complexity index is 382. The van der Waals surface area contributed by atoms with E-state index in [1.807, 2.05) is 10.8 Å². The first-order chi connectivity index (χ1) is 8.38. The van der Waals surface area contributed by atoms with E-state index >= 15 is 0 Å². The molecule has 102 valence electrons. The predicted octanol–water partition coefficient (Wildman–Crippen LogP) is 0.273. The average molecular weight is 254 g/mol. The average Bonchev–Trinajstić information content (AvgIpc) is 2.68. The smallest absolute Gasteiger partial charge is 0.243 e. The van der Waals surface area contributed by atoms with Crippen molar-refractivity contribution < 1.29 is 9.53 Å². The molecule has 0 saturated carbocycles. The Balaban J connectivity index is 2.37. The molecule has 0 fully saturated rings. The molecule has 0 saturated heterocycles. The highest BCUT2D eigenvalue weighted by atomic mass is 16.5. The second-order valence-corrected chi connectivity index (χ2v) is 5.20. The van der Waals surface area contributed by atoms with Gasteiger partial charge in [-0.2, -0.15) is 0 Å². The number of carbonyl (C=O) groups excluding carboxylic acids is 1. The highest BCUT2D eigenvalue weighted by molar-refractivity contribution is 5.74. The number of imidazole rings is 1. The molecule has 0 aliphatic heterocycles. The van der Waals surface area contributed by atoms with Gasteiger partial charge in [-0.3, -0.25) is 4.79 Å². The normalized spacial score (nSPS) is 11.7. The van der Waals surface area contributed by atoms with Crippen molar-refractivity contribution in [2.75, 3.05) is 13.2 Å². The van der Waals surface area contributed by atoms with E-state index in [4.69, 9.17) is 10.5 Å². The summed E-state index contributed by atoms with van der Waals surface area (Å²) in [6.07, 6.45) is 3.58. The van der Waals surface area contributed by atoms with Crippen LogP contribution in [0.3, 0.4) is 0 Å². The zero-order valence-electron chi connectivity index (χ0n) is 11.3. The molecule has 0 bridgehead atoms. The minimum Gasteiger partial charge on any atom is -0.370 e. The Morgan fingerprint density at radius 3 is 2.89 bits per heavy atom. The summed E-state index contributed by atoms with van der Waals surface area (Å²) in [7, 11) is 0. The Kier molecular flexibility index (Phi) is 5.30. The van der Waals surface area contributed by atoms with Crippen LogP contribution < -0.4 is 11.1 Å². The predicted molar refractivity (Wildman–Crippen MR) is 68.8 cm³/mol. The third-order valence-electron chi connectivity index (χ3n) is 2.32. The molecule has 0 spiro atoms. The highest BCUT2D eigenvalue weighted by Crippen LogP contribution is 2.04. The zero-order valence-corrected chi connectivity index (χ0v) is 11.3. The third-order valence-corrected chi connectivity index (χ3v) is 2.32. The van der Waals surface area contributed by atoms with Crippen molar-refractivity contribution in [3.8, 4) is 0 Å². The zero-order chi connectivity index (χ0) is 13.6. The number of hydrogen-bond donors (Lipinski definition) is 2. The van der Waals surface area contributed by atoms with Gasteiger partial charge in [-0.05, 0) is 20.8 Å². The van der Waals surface area contributed by atoms with Crippen molar-refractivity contribution in [3.05, 3.63) is 18.2 Å². The molecule has 0 aliphatic rings. The van der Waals surface area contributed by atoms with Gasteiger partial charge in [0.05, 0.1) is 18.6 Å². The van der Waals surface area contributed by atoms with Crippen LogP contribution in [0.15, 0.2) is 12.5 Å². The van der Waals surface area contributed by atoms with E-state index in [0.717, 1.165) is 12.2 Å². The maximum Gasteiger partial charge on any atom is 0.243 e. The van der Waals surface area contributed by atoms with E-state index in [1.165, 1.54) is 0 Å². The van der Waals surface area contributed by atoms with E-state index in [2.05, 4.69) is 31.1 Å². The number of carbonyl (C=O) groups is 1. The van der Waals surface area contributed by atoms with Crippen molar-refractivity contribution >= 4 is 5.91 Å². The van der Waals surface area contributed by atoms with Gasteiger partial charge >= 0.3 is 0 Å². The molecule has 6 heteroatoms. The number of nitrogens with two attached hydrogens (primary N) is 1. The molecule has 1 aromatic rings. The standard InChI is InChI=1S/C12H22N4O2/c1-12(2,3)15-7-10-6-14-9-16(10)4-5-18-8-11(13)17/h6,9,15H,4-5,7-8H2,1-3H3,(H2,13,17). The fraction of sp³-hybridized carbons (Fsp3) is 0.667. The summed E-state index contributed by atoms with van der Waals surface area (Å²) >= 11 is 0. The van der Waals surface area contributed by atoms with Gasteiger partial charge in [0.2, 0.25) is 5.91 Å². The summed E-state index contributed by atoms with van der Waals surface area (Å²) < 4.78 is 7.12. The number of primary amides is 1. The van der Waals surface area contributed by atoms with Gasteiger partial charge in [0.25, 0.3) is 0 Å². The molecule has 0 aromatic carbocycles. The Morgan fingerprint density at radius 2 is 2.28 bits per heavy atom. The van der Waals surface area contributed by atoms with Gasteiger partial charge in [-0.1, -0.05) is 0 Å². The summed E-state index contributed by atoms with van der Waals surface area (Å²) in [6, 6.07) is 0. The maximum absolute atomic E-state index is 10.5. The lowest BCUT2D eigenvalue weighted by molar-refractivity contribution is -0.122. The molecular formula is C12H22N4O2. The first kappa shape index (κ1) is 14.7. The second-order valence-electron chi connectivity index (χ2n) is 5.20. The summed E-state index contributed by atoms with van der Waals surface area (Å²) in [5.41, 5.74) is 6.14. The van der Waals surface area contributed by atoms with Crippen molar-refractivity contribution in [1.29, 1.82) is 0 Å². The van der Waals surface area contributed by atoms with Gasteiger partial charge in [-0.15, -0.1) is 0 Å². The van der Waals surface area contributed by atoms with E-state index in [0.29, 0.717) is 13.2 Å². The van der Waals surface area contributed by atoms with Crippen LogP contribution >= 0.6 is 0 Å². The molecule has 0 radical (unpaired) electrons. The lowest BCUT2D eigenvalue weighted by Crippen LogP contribution is -2.35. The second kappa shape index (κ2) is 6.51. The largest absolute Gasteiger partial charge is 0.370 e. The Labute approximate surface area is 108 Å².